The molecule has 0 bridgehead atoms. The number of anilines is 1. The van der Waals surface area contributed by atoms with Crippen LogP contribution in [0.25, 0.3) is 0 Å². The van der Waals surface area contributed by atoms with Crippen LogP contribution in [0.15, 0.2) is 29.2 Å². The Morgan fingerprint density at radius 2 is 1.90 bits per heavy atom. The summed E-state index contributed by atoms with van der Waals surface area (Å²) in [5.41, 5.74) is 0.633. The third kappa shape index (κ3) is 3.31. The Hall–Kier alpha value is -1.70. The number of carbonyl (C=O) groups is 1. The summed E-state index contributed by atoms with van der Waals surface area (Å²) in [5, 5.41) is 9.03. The minimum atomic E-state index is -4.59. The zero-order chi connectivity index (χ0) is 15.6. The molecule has 5 nitrogen and oxygen atoms in total. The Morgan fingerprint density at radius 1 is 1.29 bits per heavy atom. The largest absolute Gasteiger partial charge is 0.481 e. The summed E-state index contributed by atoms with van der Waals surface area (Å²) in [6, 6.07) is 5.11. The molecule has 2 rings (SSSR count). The van der Waals surface area contributed by atoms with E-state index in [4.69, 9.17) is 5.11 Å². The van der Waals surface area contributed by atoms with Crippen molar-refractivity contribution in [3.05, 3.63) is 24.3 Å². The van der Waals surface area contributed by atoms with Gasteiger partial charge in [-0.25, -0.2) is 8.42 Å². The molecule has 1 aliphatic heterocycles. The number of carboxylic acids is 1. The summed E-state index contributed by atoms with van der Waals surface area (Å²) < 4.78 is 47.5. The molecule has 0 aromatic heterocycles. The van der Waals surface area contributed by atoms with E-state index in [0.29, 0.717) is 31.6 Å². The smallest absolute Gasteiger partial charge is 0.341 e. The maximum absolute atomic E-state index is 12.4. The second-order valence-electron chi connectivity index (χ2n) is 4.92. The van der Waals surface area contributed by atoms with Crippen LogP contribution in [-0.4, -0.2) is 38.3 Å². The van der Waals surface area contributed by atoms with Gasteiger partial charge in [0.1, 0.15) is 0 Å². The number of aliphatic carboxylic acids is 1. The van der Waals surface area contributed by atoms with E-state index in [0.717, 1.165) is 12.1 Å². The molecule has 1 aromatic carbocycles. The third-order valence-electron chi connectivity index (χ3n) is 3.54. The van der Waals surface area contributed by atoms with Crippen LogP contribution in [0.3, 0.4) is 0 Å². The molecule has 0 saturated carbocycles. The van der Waals surface area contributed by atoms with Crippen molar-refractivity contribution in [3.8, 4) is 0 Å². The predicted molar refractivity (Wildman–Crippen MR) is 72.2 cm³/mol. The summed E-state index contributed by atoms with van der Waals surface area (Å²) in [7, 11) is -4.59. The van der Waals surface area contributed by atoms with Crippen LogP contribution >= 0.6 is 0 Å². The molecule has 21 heavy (non-hydrogen) atoms. The van der Waals surface area contributed by atoms with Gasteiger partial charge in [0.2, 0.25) is 9.84 Å². The molecular formula is C13H15F2NO4S. The molecule has 0 amide bonds. The molecule has 1 N–H and O–H groups in total. The molecule has 0 spiro atoms. The van der Waals surface area contributed by atoms with Gasteiger partial charge in [-0.15, -0.1) is 0 Å². The zero-order valence-corrected chi connectivity index (χ0v) is 11.9. The number of sulfone groups is 1. The van der Waals surface area contributed by atoms with Gasteiger partial charge in [-0.05, 0) is 37.1 Å². The van der Waals surface area contributed by atoms with Gasteiger partial charge >= 0.3 is 11.7 Å². The third-order valence-corrected chi connectivity index (χ3v) is 4.93. The van der Waals surface area contributed by atoms with Gasteiger partial charge < -0.3 is 10.0 Å². The lowest BCUT2D eigenvalue weighted by Crippen LogP contribution is -2.38. The molecule has 1 unspecified atom stereocenters. The fourth-order valence-corrected chi connectivity index (χ4v) is 3.08. The van der Waals surface area contributed by atoms with Crippen molar-refractivity contribution in [2.75, 3.05) is 18.0 Å². The van der Waals surface area contributed by atoms with E-state index in [-0.39, 0.29) is 0 Å². The van der Waals surface area contributed by atoms with Crippen molar-refractivity contribution in [2.24, 2.45) is 5.92 Å². The Bertz CT molecular complexity index is 616. The summed E-state index contributed by atoms with van der Waals surface area (Å²) >= 11 is 0. The van der Waals surface area contributed by atoms with Gasteiger partial charge in [-0.3, -0.25) is 4.79 Å². The highest BCUT2D eigenvalue weighted by molar-refractivity contribution is 7.91. The predicted octanol–water partition coefficient (Wildman–Crippen LogP) is 1.98. The maximum Gasteiger partial charge on any atom is 0.341 e. The van der Waals surface area contributed by atoms with E-state index in [1.165, 1.54) is 12.1 Å². The molecule has 116 valence electrons. The van der Waals surface area contributed by atoms with Crippen molar-refractivity contribution in [3.63, 3.8) is 0 Å². The van der Waals surface area contributed by atoms with Crippen LogP contribution < -0.4 is 4.90 Å². The first-order chi connectivity index (χ1) is 9.82. The number of halogens is 2. The van der Waals surface area contributed by atoms with E-state index in [2.05, 4.69) is 0 Å². The molecule has 1 atom stereocenters. The topological polar surface area (TPSA) is 74.7 Å². The first-order valence-corrected chi connectivity index (χ1v) is 7.97. The van der Waals surface area contributed by atoms with Crippen molar-refractivity contribution in [1.29, 1.82) is 0 Å². The Morgan fingerprint density at radius 3 is 2.43 bits per heavy atom. The highest BCUT2D eigenvalue weighted by atomic mass is 32.2. The average Bonchev–Trinajstić information content (AvgIpc) is 2.47. The highest BCUT2D eigenvalue weighted by Crippen LogP contribution is 2.26. The van der Waals surface area contributed by atoms with E-state index in [1.807, 2.05) is 4.90 Å². The van der Waals surface area contributed by atoms with Crippen LogP contribution in [0, 0.1) is 5.92 Å². The van der Waals surface area contributed by atoms with E-state index in [9.17, 15) is 22.0 Å². The Balaban J connectivity index is 2.18. The van der Waals surface area contributed by atoms with Crippen LogP contribution in [0.5, 0.6) is 0 Å². The van der Waals surface area contributed by atoms with Crippen molar-refractivity contribution < 1.29 is 27.1 Å². The molecule has 0 aliphatic carbocycles. The van der Waals surface area contributed by atoms with E-state index < -0.39 is 32.4 Å². The summed E-state index contributed by atoms with van der Waals surface area (Å²) in [5.74, 6) is -4.78. The summed E-state index contributed by atoms with van der Waals surface area (Å²) in [6.07, 6.45) is 1.32. The maximum atomic E-state index is 12.4. The number of carboxylic acid groups (broad SMARTS) is 1. The van der Waals surface area contributed by atoms with Gasteiger partial charge in [0.05, 0.1) is 10.8 Å². The first kappa shape index (κ1) is 15.7. The highest BCUT2D eigenvalue weighted by Gasteiger charge is 2.28. The van der Waals surface area contributed by atoms with Gasteiger partial charge in [-0.2, -0.15) is 8.78 Å². The SMILES string of the molecule is O=C(O)C1CCCN(c2ccc(S(=O)(=O)C(F)F)cc2)C1. The number of hydrogen-bond acceptors (Lipinski definition) is 4. The number of piperidine rings is 1. The minimum absolute atomic E-state index is 0.330. The van der Waals surface area contributed by atoms with Crippen molar-refractivity contribution >= 4 is 21.5 Å². The normalized spacial score (nSPS) is 19.8. The number of hydrogen-bond donors (Lipinski definition) is 1. The quantitative estimate of drug-likeness (QED) is 0.918. The molecular weight excluding hydrogens is 304 g/mol. The number of nitrogens with zero attached hydrogens (tertiary/aromatic N) is 1. The fraction of sp³-hybridized carbons (Fsp3) is 0.462. The first-order valence-electron chi connectivity index (χ1n) is 6.42. The summed E-state index contributed by atoms with van der Waals surface area (Å²) in [4.78, 5) is 12.4. The van der Waals surface area contributed by atoms with Crippen molar-refractivity contribution in [2.45, 2.75) is 23.5 Å². The lowest BCUT2D eigenvalue weighted by atomic mass is 9.98. The van der Waals surface area contributed by atoms with E-state index >= 15 is 0 Å². The zero-order valence-electron chi connectivity index (χ0n) is 11.1. The molecule has 1 fully saturated rings. The second-order valence-corrected chi connectivity index (χ2v) is 6.84. The van der Waals surface area contributed by atoms with Crippen LogP contribution in [0.1, 0.15) is 12.8 Å². The number of benzene rings is 1. The molecule has 1 aromatic rings. The van der Waals surface area contributed by atoms with Gasteiger partial charge in [0.25, 0.3) is 0 Å². The average molecular weight is 319 g/mol. The van der Waals surface area contributed by atoms with Crippen LogP contribution in [0.4, 0.5) is 14.5 Å². The lowest BCUT2D eigenvalue weighted by molar-refractivity contribution is -0.141. The monoisotopic (exact) mass is 319 g/mol. The minimum Gasteiger partial charge on any atom is -0.481 e. The fourth-order valence-electron chi connectivity index (χ4n) is 2.36. The molecule has 8 heteroatoms. The van der Waals surface area contributed by atoms with Gasteiger partial charge in [0, 0.05) is 18.8 Å². The summed E-state index contributed by atoms with van der Waals surface area (Å²) in [6.45, 7) is 0.987. The van der Waals surface area contributed by atoms with Gasteiger partial charge in [-0.1, -0.05) is 0 Å². The Kier molecular flexibility index (Phi) is 4.46. The molecule has 1 saturated heterocycles. The lowest BCUT2D eigenvalue weighted by Gasteiger charge is -2.32. The Labute approximate surface area is 121 Å². The molecule has 0 radical (unpaired) electrons. The molecule has 1 heterocycles. The van der Waals surface area contributed by atoms with E-state index in [1.54, 1.807) is 0 Å². The van der Waals surface area contributed by atoms with Crippen molar-refractivity contribution in [1.82, 2.24) is 0 Å². The number of alkyl halides is 2. The molecule has 1 aliphatic rings. The van der Waals surface area contributed by atoms with Crippen LogP contribution in [0.2, 0.25) is 0 Å². The standard InChI is InChI=1S/C13H15F2NO4S/c14-13(15)21(19,20)11-5-3-10(4-6-11)16-7-1-2-9(8-16)12(17)18/h3-6,9,13H,1-2,7-8H2,(H,17,18). The number of rotatable bonds is 4. The second kappa shape index (κ2) is 5.97. The van der Waals surface area contributed by atoms with Gasteiger partial charge in [0.15, 0.2) is 0 Å². The van der Waals surface area contributed by atoms with Crippen LogP contribution in [-0.2, 0) is 14.6 Å².